The van der Waals surface area contributed by atoms with Gasteiger partial charge in [0.1, 0.15) is 5.75 Å². The molecule has 0 saturated heterocycles. The maximum Gasteiger partial charge on any atom is 0.262 e. The lowest BCUT2D eigenvalue weighted by atomic mass is 10.0. The number of hydrogen-bond donors (Lipinski definition) is 1. The molecule has 0 spiro atoms. The van der Waals surface area contributed by atoms with Crippen molar-refractivity contribution in [1.82, 2.24) is 0 Å². The first kappa shape index (κ1) is 22.7. The van der Waals surface area contributed by atoms with Crippen molar-refractivity contribution in [3.05, 3.63) is 82.9 Å². The number of carbonyl (C=O) groups excluding carboxylic acids is 1. The van der Waals surface area contributed by atoms with Crippen LogP contribution in [0.25, 0.3) is 11.6 Å². The van der Waals surface area contributed by atoms with Crippen LogP contribution in [0, 0.1) is 11.3 Å². The zero-order valence-electron chi connectivity index (χ0n) is 17.6. The van der Waals surface area contributed by atoms with Gasteiger partial charge in [-0.1, -0.05) is 35.9 Å². The SMILES string of the molecule is COc1ccc(/C(C#N)=C/c2ccc(OCC(=O)Nc3ccccc3)c(Cl)c2)cc1OC. The predicted molar refractivity (Wildman–Crippen MR) is 125 cm³/mol. The number of nitriles is 1. The van der Waals surface area contributed by atoms with Gasteiger partial charge in [0.2, 0.25) is 0 Å². The number of hydrogen-bond acceptors (Lipinski definition) is 5. The fourth-order valence-corrected chi connectivity index (χ4v) is 3.18. The maximum atomic E-state index is 12.1. The molecule has 0 atom stereocenters. The summed E-state index contributed by atoms with van der Waals surface area (Å²) in [6.45, 7) is -0.182. The molecule has 7 heteroatoms. The van der Waals surface area contributed by atoms with E-state index in [0.717, 1.165) is 0 Å². The molecule has 6 nitrogen and oxygen atoms in total. The van der Waals surface area contributed by atoms with Gasteiger partial charge in [-0.05, 0) is 59.7 Å². The number of allylic oxidation sites excluding steroid dienone is 1. The Balaban J connectivity index is 1.71. The van der Waals surface area contributed by atoms with Gasteiger partial charge in [-0.3, -0.25) is 4.79 Å². The Hall–Kier alpha value is -3.95. The Morgan fingerprint density at radius 1 is 1.00 bits per heavy atom. The van der Waals surface area contributed by atoms with Crippen LogP contribution in [0.3, 0.4) is 0 Å². The molecule has 162 valence electrons. The number of benzene rings is 3. The number of halogens is 1. The summed E-state index contributed by atoms with van der Waals surface area (Å²) in [6.07, 6.45) is 1.71. The number of anilines is 1. The summed E-state index contributed by atoms with van der Waals surface area (Å²) in [6, 6.07) is 21.6. The van der Waals surface area contributed by atoms with Gasteiger partial charge in [0.15, 0.2) is 18.1 Å². The second-order valence-corrected chi connectivity index (χ2v) is 7.04. The first-order valence-corrected chi connectivity index (χ1v) is 10.0. The van der Waals surface area contributed by atoms with Crippen molar-refractivity contribution in [3.63, 3.8) is 0 Å². The van der Waals surface area contributed by atoms with Crippen LogP contribution < -0.4 is 19.5 Å². The van der Waals surface area contributed by atoms with Crippen molar-refractivity contribution >= 4 is 34.8 Å². The van der Waals surface area contributed by atoms with E-state index in [-0.39, 0.29) is 12.5 Å². The minimum Gasteiger partial charge on any atom is -0.493 e. The summed E-state index contributed by atoms with van der Waals surface area (Å²) in [5, 5.41) is 12.7. The fourth-order valence-electron chi connectivity index (χ4n) is 2.94. The van der Waals surface area contributed by atoms with E-state index in [2.05, 4.69) is 11.4 Å². The molecule has 3 rings (SSSR count). The van der Waals surface area contributed by atoms with E-state index >= 15 is 0 Å². The van der Waals surface area contributed by atoms with E-state index in [4.69, 9.17) is 25.8 Å². The highest BCUT2D eigenvalue weighted by Gasteiger charge is 2.10. The Morgan fingerprint density at radius 3 is 2.38 bits per heavy atom. The molecular formula is C25H21ClN2O4. The van der Waals surface area contributed by atoms with Crippen LogP contribution in [0.15, 0.2) is 66.7 Å². The molecule has 0 radical (unpaired) electrons. The number of nitrogens with one attached hydrogen (secondary N) is 1. The van der Waals surface area contributed by atoms with Crippen LogP contribution in [-0.4, -0.2) is 26.7 Å². The molecule has 1 N–H and O–H groups in total. The number of amides is 1. The van der Waals surface area contributed by atoms with Crippen molar-refractivity contribution in [2.45, 2.75) is 0 Å². The average molecular weight is 449 g/mol. The Morgan fingerprint density at radius 2 is 1.72 bits per heavy atom. The van der Waals surface area contributed by atoms with Crippen molar-refractivity contribution < 1.29 is 19.0 Å². The molecule has 0 heterocycles. The van der Waals surface area contributed by atoms with Crippen LogP contribution in [0.1, 0.15) is 11.1 Å². The van der Waals surface area contributed by atoms with E-state index in [1.54, 1.807) is 61.7 Å². The van der Waals surface area contributed by atoms with Gasteiger partial charge in [-0.25, -0.2) is 0 Å². The standard InChI is InChI=1S/C25H21ClN2O4/c1-30-23-11-9-18(14-24(23)31-2)19(15-27)12-17-8-10-22(21(26)13-17)32-16-25(29)28-20-6-4-3-5-7-20/h3-14H,16H2,1-2H3,(H,28,29)/b19-12+. The summed E-state index contributed by atoms with van der Waals surface area (Å²) in [4.78, 5) is 12.1. The molecule has 0 saturated carbocycles. The highest BCUT2D eigenvalue weighted by atomic mass is 35.5. The van der Waals surface area contributed by atoms with Crippen molar-refractivity contribution in [2.24, 2.45) is 0 Å². The minimum atomic E-state index is -0.295. The van der Waals surface area contributed by atoms with Crippen LogP contribution in [0.2, 0.25) is 5.02 Å². The molecule has 0 aliphatic heterocycles. The molecule has 3 aromatic carbocycles. The maximum absolute atomic E-state index is 12.1. The van der Waals surface area contributed by atoms with Crippen LogP contribution in [0.4, 0.5) is 5.69 Å². The van der Waals surface area contributed by atoms with Crippen LogP contribution >= 0.6 is 11.6 Å². The van der Waals surface area contributed by atoms with Gasteiger partial charge in [-0.2, -0.15) is 5.26 Å². The second-order valence-electron chi connectivity index (χ2n) is 6.63. The highest BCUT2D eigenvalue weighted by molar-refractivity contribution is 6.32. The number of carbonyl (C=O) groups is 1. The van der Waals surface area contributed by atoms with Crippen molar-refractivity contribution in [1.29, 1.82) is 5.26 Å². The third-order valence-electron chi connectivity index (χ3n) is 4.50. The van der Waals surface area contributed by atoms with E-state index < -0.39 is 0 Å². The summed E-state index contributed by atoms with van der Waals surface area (Å²) in [7, 11) is 3.09. The Kier molecular flexibility index (Phi) is 7.74. The molecule has 1 amide bonds. The monoisotopic (exact) mass is 448 g/mol. The third kappa shape index (κ3) is 5.81. The van der Waals surface area contributed by atoms with E-state index in [9.17, 15) is 10.1 Å². The zero-order valence-corrected chi connectivity index (χ0v) is 18.3. The van der Waals surface area contributed by atoms with Crippen LogP contribution in [0.5, 0.6) is 17.2 Å². The smallest absolute Gasteiger partial charge is 0.262 e. The number of nitrogens with zero attached hydrogens (tertiary/aromatic N) is 1. The molecular weight excluding hydrogens is 428 g/mol. The highest BCUT2D eigenvalue weighted by Crippen LogP contribution is 2.32. The molecule has 0 aliphatic carbocycles. The third-order valence-corrected chi connectivity index (χ3v) is 4.79. The number of methoxy groups -OCH3 is 2. The van der Waals surface area contributed by atoms with Gasteiger partial charge in [-0.15, -0.1) is 0 Å². The van der Waals surface area contributed by atoms with Gasteiger partial charge < -0.3 is 19.5 Å². The topological polar surface area (TPSA) is 80.6 Å². The predicted octanol–water partition coefficient (Wildman–Crippen LogP) is 5.44. The molecule has 0 bridgehead atoms. The molecule has 0 fully saturated rings. The molecule has 32 heavy (non-hydrogen) atoms. The number of para-hydroxylation sites is 1. The molecule has 3 aromatic rings. The first-order chi connectivity index (χ1) is 15.5. The van der Waals surface area contributed by atoms with Crippen LogP contribution in [-0.2, 0) is 4.79 Å². The summed E-state index contributed by atoms with van der Waals surface area (Å²) in [5.41, 5.74) is 2.51. The summed E-state index contributed by atoms with van der Waals surface area (Å²) in [5.74, 6) is 1.18. The van der Waals surface area contributed by atoms with Gasteiger partial charge in [0, 0.05) is 5.69 Å². The summed E-state index contributed by atoms with van der Waals surface area (Å²) < 4.78 is 16.1. The average Bonchev–Trinajstić information content (AvgIpc) is 2.82. The largest absolute Gasteiger partial charge is 0.493 e. The first-order valence-electron chi connectivity index (χ1n) is 9.65. The fraction of sp³-hybridized carbons (Fsp3) is 0.120. The number of rotatable bonds is 8. The van der Waals surface area contributed by atoms with E-state index in [1.807, 2.05) is 18.2 Å². The second kappa shape index (κ2) is 10.9. The minimum absolute atomic E-state index is 0.182. The van der Waals surface area contributed by atoms with Crippen molar-refractivity contribution in [3.8, 4) is 23.3 Å². The molecule has 0 unspecified atom stereocenters. The zero-order chi connectivity index (χ0) is 22.9. The van der Waals surface area contributed by atoms with E-state index in [0.29, 0.717) is 44.7 Å². The van der Waals surface area contributed by atoms with Crippen molar-refractivity contribution in [2.75, 3.05) is 26.1 Å². The Bertz CT molecular complexity index is 1170. The van der Waals surface area contributed by atoms with Gasteiger partial charge >= 0.3 is 0 Å². The summed E-state index contributed by atoms with van der Waals surface area (Å²) >= 11 is 6.33. The lowest BCUT2D eigenvalue weighted by molar-refractivity contribution is -0.118. The van der Waals surface area contributed by atoms with Gasteiger partial charge in [0.25, 0.3) is 5.91 Å². The van der Waals surface area contributed by atoms with Gasteiger partial charge in [0.05, 0.1) is 30.9 Å². The lowest BCUT2D eigenvalue weighted by Gasteiger charge is -2.10. The Labute approximate surface area is 191 Å². The normalized spacial score (nSPS) is 10.8. The lowest BCUT2D eigenvalue weighted by Crippen LogP contribution is -2.20. The number of ether oxygens (including phenoxy) is 3. The van der Waals surface area contributed by atoms with E-state index in [1.165, 1.54) is 7.11 Å². The molecule has 0 aliphatic rings. The quantitative estimate of drug-likeness (QED) is 0.366. The molecule has 0 aromatic heterocycles.